The molecule has 1 atom stereocenters. The van der Waals surface area contributed by atoms with Gasteiger partial charge in [0.1, 0.15) is 5.76 Å². The van der Waals surface area contributed by atoms with Crippen molar-refractivity contribution in [3.63, 3.8) is 0 Å². The van der Waals surface area contributed by atoms with Crippen LogP contribution in [0.3, 0.4) is 0 Å². The molecule has 1 aliphatic carbocycles. The summed E-state index contributed by atoms with van der Waals surface area (Å²) in [6.07, 6.45) is 6.32. The van der Waals surface area contributed by atoms with Crippen molar-refractivity contribution in [2.75, 3.05) is 26.7 Å². The number of hydrogen-bond donors (Lipinski definition) is 2. The van der Waals surface area contributed by atoms with E-state index in [1.54, 1.807) is 7.05 Å². The summed E-state index contributed by atoms with van der Waals surface area (Å²) >= 11 is 3.31. The van der Waals surface area contributed by atoms with Gasteiger partial charge in [0.15, 0.2) is 10.6 Å². The Bertz CT molecular complexity index is 610. The number of nitrogens with one attached hydrogen (secondary N) is 2. The van der Waals surface area contributed by atoms with Gasteiger partial charge in [0.25, 0.3) is 0 Å². The first-order valence-electron chi connectivity index (χ1n) is 9.16. The highest BCUT2D eigenvalue weighted by atomic mass is 79.9. The van der Waals surface area contributed by atoms with Gasteiger partial charge in [0.05, 0.1) is 0 Å². The molecule has 2 aliphatic rings. The third kappa shape index (κ3) is 5.00. The number of hydrogen-bond acceptors (Lipinski definition) is 3. The molecule has 1 saturated heterocycles. The maximum atomic E-state index is 12.5. The van der Waals surface area contributed by atoms with Crippen LogP contribution >= 0.6 is 15.9 Å². The molecule has 1 amide bonds. The van der Waals surface area contributed by atoms with Crippen molar-refractivity contribution in [2.24, 2.45) is 10.9 Å². The van der Waals surface area contributed by atoms with Gasteiger partial charge in [-0.3, -0.25) is 9.79 Å². The minimum Gasteiger partial charge on any atom is -0.454 e. The van der Waals surface area contributed by atoms with Crippen LogP contribution in [0.1, 0.15) is 37.9 Å². The normalized spacial score (nSPS) is 21.8. The first-order valence-corrected chi connectivity index (χ1v) is 9.95. The Balaban J connectivity index is 1.40. The van der Waals surface area contributed by atoms with Gasteiger partial charge >= 0.3 is 0 Å². The number of aliphatic imine (C=N–C) groups is 1. The molecule has 1 unspecified atom stereocenters. The predicted octanol–water partition coefficient (Wildman–Crippen LogP) is 2.54. The number of amides is 1. The van der Waals surface area contributed by atoms with Crippen LogP contribution in [-0.4, -0.2) is 49.5 Å². The van der Waals surface area contributed by atoms with Crippen molar-refractivity contribution in [1.29, 1.82) is 0 Å². The van der Waals surface area contributed by atoms with Crippen LogP contribution in [0.25, 0.3) is 0 Å². The number of carbonyl (C=O) groups excluding carboxylic acids is 1. The van der Waals surface area contributed by atoms with Crippen LogP contribution in [-0.2, 0) is 11.2 Å². The molecule has 7 heteroatoms. The van der Waals surface area contributed by atoms with Crippen LogP contribution in [0.5, 0.6) is 0 Å². The molecule has 0 bridgehead atoms. The standard InChI is InChI=1S/C18H27BrN4O2/c1-20-18(21-10-8-15-6-7-16(19)25-15)22-14-9-11-23(12-14)17(24)13-4-2-3-5-13/h6-7,13-14H,2-5,8-12H2,1H3,(H2,20,21,22). The molecule has 1 saturated carbocycles. The number of carbonyl (C=O) groups is 1. The Morgan fingerprint density at radius 3 is 2.84 bits per heavy atom. The lowest BCUT2D eigenvalue weighted by Gasteiger charge is -2.21. The van der Waals surface area contributed by atoms with Crippen LogP contribution < -0.4 is 10.6 Å². The predicted molar refractivity (Wildman–Crippen MR) is 102 cm³/mol. The summed E-state index contributed by atoms with van der Waals surface area (Å²) in [5, 5.41) is 6.75. The van der Waals surface area contributed by atoms with E-state index < -0.39 is 0 Å². The van der Waals surface area contributed by atoms with E-state index in [0.717, 1.165) is 61.7 Å². The van der Waals surface area contributed by atoms with Crippen LogP contribution in [0.15, 0.2) is 26.2 Å². The summed E-state index contributed by atoms with van der Waals surface area (Å²) in [5.74, 6) is 2.34. The van der Waals surface area contributed by atoms with E-state index in [4.69, 9.17) is 4.42 Å². The molecule has 0 radical (unpaired) electrons. The van der Waals surface area contributed by atoms with Crippen molar-refractivity contribution in [1.82, 2.24) is 15.5 Å². The highest BCUT2D eigenvalue weighted by Crippen LogP contribution is 2.27. The summed E-state index contributed by atoms with van der Waals surface area (Å²) in [6, 6.07) is 4.14. The average molecular weight is 411 g/mol. The van der Waals surface area contributed by atoms with Gasteiger partial charge in [0.2, 0.25) is 5.91 Å². The van der Waals surface area contributed by atoms with Crippen molar-refractivity contribution < 1.29 is 9.21 Å². The SMILES string of the molecule is CN=C(NCCc1ccc(Br)o1)NC1CCN(C(=O)C2CCCC2)C1. The molecule has 25 heavy (non-hydrogen) atoms. The third-order valence-corrected chi connectivity index (χ3v) is 5.49. The summed E-state index contributed by atoms with van der Waals surface area (Å²) in [7, 11) is 1.77. The lowest BCUT2D eigenvalue weighted by molar-refractivity contribution is -0.134. The average Bonchev–Trinajstić information content (AvgIpc) is 3.35. The van der Waals surface area contributed by atoms with Gasteiger partial charge in [-0.05, 0) is 47.3 Å². The second kappa shape index (κ2) is 8.74. The monoisotopic (exact) mass is 410 g/mol. The second-order valence-corrected chi connectivity index (χ2v) is 7.63. The molecule has 1 aromatic rings. The number of guanidine groups is 1. The first kappa shape index (κ1) is 18.3. The van der Waals surface area contributed by atoms with Gasteiger partial charge in [-0.15, -0.1) is 0 Å². The fourth-order valence-electron chi connectivity index (χ4n) is 3.69. The smallest absolute Gasteiger partial charge is 0.225 e. The molecule has 1 aliphatic heterocycles. The Labute approximate surface area is 157 Å². The molecule has 138 valence electrons. The number of rotatable bonds is 5. The Morgan fingerprint density at radius 1 is 1.36 bits per heavy atom. The zero-order valence-electron chi connectivity index (χ0n) is 14.8. The highest BCUT2D eigenvalue weighted by Gasteiger charge is 2.32. The third-order valence-electron chi connectivity index (χ3n) is 5.06. The summed E-state index contributed by atoms with van der Waals surface area (Å²) < 4.78 is 6.25. The minimum atomic E-state index is 0.267. The lowest BCUT2D eigenvalue weighted by atomic mass is 10.1. The molecular weight excluding hydrogens is 384 g/mol. The summed E-state index contributed by atoms with van der Waals surface area (Å²) in [4.78, 5) is 18.8. The lowest BCUT2D eigenvalue weighted by Crippen LogP contribution is -2.45. The molecule has 1 aromatic heterocycles. The van der Waals surface area contributed by atoms with E-state index in [1.807, 2.05) is 17.0 Å². The van der Waals surface area contributed by atoms with E-state index in [1.165, 1.54) is 12.8 Å². The van der Waals surface area contributed by atoms with Gasteiger partial charge in [-0.1, -0.05) is 12.8 Å². The fourth-order valence-corrected chi connectivity index (χ4v) is 4.03. The van der Waals surface area contributed by atoms with Gasteiger partial charge in [0, 0.05) is 45.1 Å². The number of furan rings is 1. The van der Waals surface area contributed by atoms with E-state index in [2.05, 4.69) is 31.6 Å². The largest absolute Gasteiger partial charge is 0.454 e. The molecule has 0 spiro atoms. The zero-order valence-corrected chi connectivity index (χ0v) is 16.3. The maximum Gasteiger partial charge on any atom is 0.225 e. The van der Waals surface area contributed by atoms with Crippen LogP contribution in [0.2, 0.25) is 0 Å². The Hall–Kier alpha value is -1.50. The zero-order chi connectivity index (χ0) is 17.6. The van der Waals surface area contributed by atoms with Crippen molar-refractivity contribution in [3.05, 3.63) is 22.6 Å². The van der Waals surface area contributed by atoms with Crippen LogP contribution in [0.4, 0.5) is 0 Å². The first-order chi connectivity index (χ1) is 12.2. The van der Waals surface area contributed by atoms with E-state index >= 15 is 0 Å². The fraction of sp³-hybridized carbons (Fsp3) is 0.667. The van der Waals surface area contributed by atoms with Gasteiger partial charge in [-0.25, -0.2) is 0 Å². The number of likely N-dealkylation sites (tertiary alicyclic amines) is 1. The molecule has 2 fully saturated rings. The molecule has 3 rings (SSSR count). The molecule has 0 aromatic carbocycles. The molecule has 2 N–H and O–H groups in total. The number of nitrogens with zero attached hydrogens (tertiary/aromatic N) is 2. The van der Waals surface area contributed by atoms with Gasteiger partial charge in [-0.2, -0.15) is 0 Å². The minimum absolute atomic E-state index is 0.267. The van der Waals surface area contributed by atoms with Crippen LogP contribution in [0, 0.1) is 5.92 Å². The maximum absolute atomic E-state index is 12.5. The van der Waals surface area contributed by atoms with Gasteiger partial charge < -0.3 is 20.0 Å². The topological polar surface area (TPSA) is 69.9 Å². The highest BCUT2D eigenvalue weighted by molar-refractivity contribution is 9.10. The summed E-state index contributed by atoms with van der Waals surface area (Å²) in [5.41, 5.74) is 0. The molecule has 2 heterocycles. The molecule has 6 nitrogen and oxygen atoms in total. The van der Waals surface area contributed by atoms with Crippen molar-refractivity contribution in [2.45, 2.75) is 44.6 Å². The van der Waals surface area contributed by atoms with E-state index in [-0.39, 0.29) is 12.0 Å². The summed E-state index contributed by atoms with van der Waals surface area (Å²) in [6.45, 7) is 2.38. The second-order valence-electron chi connectivity index (χ2n) is 6.85. The quantitative estimate of drug-likeness (QED) is 0.577. The van der Waals surface area contributed by atoms with Crippen molar-refractivity contribution in [3.8, 4) is 0 Å². The Morgan fingerprint density at radius 2 is 2.16 bits per heavy atom. The van der Waals surface area contributed by atoms with E-state index in [0.29, 0.717) is 5.91 Å². The van der Waals surface area contributed by atoms with Crippen molar-refractivity contribution >= 4 is 27.8 Å². The Kier molecular flexibility index (Phi) is 6.39. The molecular formula is C18H27BrN4O2. The number of halogens is 1. The van der Waals surface area contributed by atoms with E-state index in [9.17, 15) is 4.79 Å².